The van der Waals surface area contributed by atoms with E-state index in [9.17, 15) is 22.8 Å². The van der Waals surface area contributed by atoms with Crippen molar-refractivity contribution in [2.24, 2.45) is 5.92 Å². The van der Waals surface area contributed by atoms with Crippen molar-refractivity contribution in [3.63, 3.8) is 0 Å². The van der Waals surface area contributed by atoms with Gasteiger partial charge in [-0.05, 0) is 18.6 Å². The average Bonchev–Trinajstić information content (AvgIpc) is 2.90. The molecule has 160 valence electrons. The highest BCUT2D eigenvalue weighted by molar-refractivity contribution is 5.92. The molecule has 29 heavy (non-hydrogen) atoms. The van der Waals surface area contributed by atoms with E-state index in [-0.39, 0.29) is 17.9 Å². The maximum Gasteiger partial charge on any atom is 0.490 e. The van der Waals surface area contributed by atoms with Crippen LogP contribution in [0.25, 0.3) is 0 Å². The Morgan fingerprint density at radius 1 is 1.17 bits per heavy atom. The number of hydrogen-bond acceptors (Lipinski definition) is 5. The van der Waals surface area contributed by atoms with Gasteiger partial charge in [0.15, 0.2) is 0 Å². The topological polar surface area (TPSA) is 100 Å². The van der Waals surface area contributed by atoms with E-state index in [1.807, 2.05) is 15.9 Å². The average molecular weight is 417 g/mol. The second-order valence-corrected chi connectivity index (χ2v) is 6.69. The molecular weight excluding hydrogens is 395 g/mol. The Kier molecular flexibility index (Phi) is 7.54. The number of rotatable bonds is 1. The van der Waals surface area contributed by atoms with Crippen LogP contribution in [0.1, 0.15) is 23.8 Å². The number of hydrogen-bond donors (Lipinski definition) is 1. The van der Waals surface area contributed by atoms with Crippen LogP contribution in [-0.4, -0.2) is 82.7 Å². The van der Waals surface area contributed by atoms with E-state index in [0.717, 1.165) is 13.0 Å². The molecule has 2 fully saturated rings. The monoisotopic (exact) mass is 417 g/mol. The number of fused-ring (bicyclic) bond motifs is 1. The number of aliphatic carboxylic acids is 1. The minimum Gasteiger partial charge on any atom is -0.475 e. The largest absolute Gasteiger partial charge is 0.490 e. The lowest BCUT2D eigenvalue weighted by Gasteiger charge is -2.37. The van der Waals surface area contributed by atoms with Crippen molar-refractivity contribution in [2.75, 3.05) is 32.8 Å². The van der Waals surface area contributed by atoms with Crippen molar-refractivity contribution < 1.29 is 37.4 Å². The first-order chi connectivity index (χ1) is 13.6. The number of carbonyl (C=O) groups is 3. The van der Waals surface area contributed by atoms with Gasteiger partial charge in [0.25, 0.3) is 5.91 Å². The zero-order valence-corrected chi connectivity index (χ0v) is 15.8. The molecule has 0 bridgehead atoms. The number of amides is 2. The Bertz CT molecular complexity index is 729. The van der Waals surface area contributed by atoms with Gasteiger partial charge >= 0.3 is 12.1 Å². The molecule has 3 heterocycles. The highest BCUT2D eigenvalue weighted by Crippen LogP contribution is 2.25. The van der Waals surface area contributed by atoms with Gasteiger partial charge in [0.2, 0.25) is 5.91 Å². The zero-order chi connectivity index (χ0) is 21.6. The fraction of sp³-hybridized carbons (Fsp3) is 0.556. The highest BCUT2D eigenvalue weighted by Gasteiger charge is 2.38. The molecule has 3 rings (SSSR count). The Hall–Kier alpha value is -2.69. The van der Waals surface area contributed by atoms with E-state index in [0.29, 0.717) is 37.9 Å². The summed E-state index contributed by atoms with van der Waals surface area (Å²) in [5.41, 5.74) is 0.472. The summed E-state index contributed by atoms with van der Waals surface area (Å²) in [5, 5.41) is 7.12. The summed E-state index contributed by atoms with van der Waals surface area (Å²) in [6.45, 7) is 4.76. The van der Waals surface area contributed by atoms with Gasteiger partial charge in [0, 0.05) is 45.2 Å². The van der Waals surface area contributed by atoms with Crippen LogP contribution in [0.2, 0.25) is 0 Å². The molecule has 1 aromatic heterocycles. The predicted molar refractivity (Wildman–Crippen MR) is 93.9 cm³/mol. The summed E-state index contributed by atoms with van der Waals surface area (Å²) in [6.07, 6.45) is -2.59. The van der Waals surface area contributed by atoms with Crippen LogP contribution in [0.15, 0.2) is 24.4 Å². The van der Waals surface area contributed by atoms with Gasteiger partial charge < -0.3 is 19.6 Å². The van der Waals surface area contributed by atoms with Crippen LogP contribution in [0, 0.1) is 5.92 Å². The zero-order valence-electron chi connectivity index (χ0n) is 15.8. The molecular formula is C18H22F3N3O5. The minimum absolute atomic E-state index is 0.00534. The molecule has 8 nitrogen and oxygen atoms in total. The number of carboxylic acids is 1. The number of alkyl halides is 3. The molecule has 2 saturated heterocycles. The lowest BCUT2D eigenvalue weighted by Crippen LogP contribution is -2.49. The summed E-state index contributed by atoms with van der Waals surface area (Å²) in [5.74, 6) is -2.40. The van der Waals surface area contributed by atoms with Gasteiger partial charge in [-0.2, -0.15) is 13.2 Å². The first kappa shape index (κ1) is 22.6. The third-order valence-electron chi connectivity index (χ3n) is 4.70. The first-order valence-electron chi connectivity index (χ1n) is 8.97. The SMILES string of the molecule is CC(=O)N1CCO[C@@H]2CN(C(=O)c3ccccn3)CC[C@@H]2C1.O=C(O)C(F)(F)F. The van der Waals surface area contributed by atoms with Crippen molar-refractivity contribution in [1.82, 2.24) is 14.8 Å². The van der Waals surface area contributed by atoms with Crippen molar-refractivity contribution in [2.45, 2.75) is 25.6 Å². The molecule has 2 atom stereocenters. The standard InChI is InChI=1S/C16H21N3O3.C2HF3O2/c1-12(20)18-8-9-22-15-11-19(7-5-13(15)10-18)16(21)14-4-2-3-6-17-14;3-2(4,5)1(6)7/h2-4,6,13,15H,5,7-11H2,1H3;(H,6,7)/t13-,15-;/m1./s1. The number of nitrogens with zero attached hydrogens (tertiary/aromatic N) is 3. The van der Waals surface area contributed by atoms with Crippen LogP contribution in [-0.2, 0) is 14.3 Å². The molecule has 1 aromatic rings. The number of aromatic nitrogens is 1. The summed E-state index contributed by atoms with van der Waals surface area (Å²) in [4.78, 5) is 40.7. The third kappa shape index (κ3) is 6.41. The fourth-order valence-electron chi connectivity index (χ4n) is 3.17. The Balaban J connectivity index is 0.000000370. The van der Waals surface area contributed by atoms with Gasteiger partial charge in [-0.3, -0.25) is 14.6 Å². The van der Waals surface area contributed by atoms with E-state index in [4.69, 9.17) is 14.6 Å². The van der Waals surface area contributed by atoms with Gasteiger partial charge in [-0.25, -0.2) is 4.79 Å². The number of pyridine rings is 1. The number of carbonyl (C=O) groups excluding carboxylic acids is 2. The lowest BCUT2D eigenvalue weighted by atomic mass is 9.93. The van der Waals surface area contributed by atoms with Crippen molar-refractivity contribution >= 4 is 17.8 Å². The van der Waals surface area contributed by atoms with Gasteiger partial charge in [-0.1, -0.05) is 6.07 Å². The quantitative estimate of drug-likeness (QED) is 0.742. The lowest BCUT2D eigenvalue weighted by molar-refractivity contribution is -0.192. The number of carboxylic acid groups (broad SMARTS) is 1. The van der Waals surface area contributed by atoms with Crippen LogP contribution in [0.3, 0.4) is 0 Å². The number of piperidine rings is 1. The van der Waals surface area contributed by atoms with Gasteiger partial charge in [0.1, 0.15) is 5.69 Å². The van der Waals surface area contributed by atoms with Crippen molar-refractivity contribution in [1.29, 1.82) is 0 Å². The van der Waals surface area contributed by atoms with E-state index in [1.54, 1.807) is 25.3 Å². The molecule has 0 aromatic carbocycles. The molecule has 2 amide bonds. The molecule has 11 heteroatoms. The summed E-state index contributed by atoms with van der Waals surface area (Å²) in [6, 6.07) is 5.35. The first-order valence-corrected chi connectivity index (χ1v) is 8.97. The normalized spacial score (nSPS) is 21.9. The van der Waals surface area contributed by atoms with Crippen LogP contribution in [0.5, 0.6) is 0 Å². The maximum absolute atomic E-state index is 12.5. The Labute approximate surface area is 165 Å². The highest BCUT2D eigenvalue weighted by atomic mass is 19.4. The van der Waals surface area contributed by atoms with E-state index >= 15 is 0 Å². The number of halogens is 3. The van der Waals surface area contributed by atoms with Crippen molar-refractivity contribution in [3.8, 4) is 0 Å². The molecule has 0 unspecified atom stereocenters. The molecule has 2 aliphatic heterocycles. The maximum atomic E-state index is 12.5. The molecule has 0 aliphatic carbocycles. The third-order valence-corrected chi connectivity index (χ3v) is 4.70. The molecule has 0 radical (unpaired) electrons. The van der Waals surface area contributed by atoms with Gasteiger partial charge in [0.05, 0.1) is 12.7 Å². The summed E-state index contributed by atoms with van der Waals surface area (Å²) < 4.78 is 37.6. The Morgan fingerprint density at radius 3 is 2.41 bits per heavy atom. The summed E-state index contributed by atoms with van der Waals surface area (Å²) >= 11 is 0. The summed E-state index contributed by atoms with van der Waals surface area (Å²) in [7, 11) is 0. The smallest absolute Gasteiger partial charge is 0.475 e. The van der Waals surface area contributed by atoms with E-state index < -0.39 is 12.1 Å². The predicted octanol–water partition coefficient (Wildman–Crippen LogP) is 1.42. The number of ether oxygens (including phenoxy) is 1. The number of likely N-dealkylation sites (tertiary alicyclic amines) is 1. The molecule has 1 N–H and O–H groups in total. The Morgan fingerprint density at radius 2 is 1.86 bits per heavy atom. The minimum atomic E-state index is -5.08. The second-order valence-electron chi connectivity index (χ2n) is 6.69. The molecule has 2 aliphatic rings. The van der Waals surface area contributed by atoms with E-state index in [2.05, 4.69) is 4.98 Å². The van der Waals surface area contributed by atoms with Crippen molar-refractivity contribution in [3.05, 3.63) is 30.1 Å². The fourth-order valence-corrected chi connectivity index (χ4v) is 3.17. The van der Waals surface area contributed by atoms with E-state index in [1.165, 1.54) is 0 Å². The van der Waals surface area contributed by atoms with Crippen LogP contribution >= 0.6 is 0 Å². The van der Waals surface area contributed by atoms with Gasteiger partial charge in [-0.15, -0.1) is 0 Å². The molecule has 0 saturated carbocycles. The van der Waals surface area contributed by atoms with Crippen LogP contribution < -0.4 is 0 Å². The van der Waals surface area contributed by atoms with Crippen LogP contribution in [0.4, 0.5) is 13.2 Å². The second kappa shape index (κ2) is 9.68. The molecule has 0 spiro atoms.